The maximum Gasteiger partial charge on any atom is 0.263 e. The predicted molar refractivity (Wildman–Crippen MR) is 176 cm³/mol. The average Bonchev–Trinajstić information content (AvgIpc) is 3.02. The first-order chi connectivity index (χ1) is 21.5. The molecule has 3 aromatic carbocycles. The van der Waals surface area contributed by atoms with Gasteiger partial charge in [-0.1, -0.05) is 35.3 Å². The van der Waals surface area contributed by atoms with Crippen LogP contribution in [0.15, 0.2) is 71.5 Å². The van der Waals surface area contributed by atoms with Crippen LogP contribution in [-0.4, -0.2) is 45.3 Å². The molecule has 1 aromatic heterocycles. The van der Waals surface area contributed by atoms with E-state index in [1.807, 2.05) is 26.0 Å². The summed E-state index contributed by atoms with van der Waals surface area (Å²) in [4.78, 5) is 57.9. The van der Waals surface area contributed by atoms with Crippen LogP contribution >= 0.6 is 23.2 Å². The summed E-state index contributed by atoms with van der Waals surface area (Å²) in [6.07, 6.45) is 0.301. The van der Waals surface area contributed by atoms with E-state index in [1.54, 1.807) is 60.5 Å². The van der Waals surface area contributed by atoms with Crippen LogP contribution in [0.5, 0.6) is 0 Å². The second-order valence-electron chi connectivity index (χ2n) is 10.9. The van der Waals surface area contributed by atoms with E-state index < -0.39 is 0 Å². The van der Waals surface area contributed by atoms with E-state index in [0.29, 0.717) is 45.2 Å². The van der Waals surface area contributed by atoms with Crippen molar-refractivity contribution in [3.8, 4) is 5.69 Å². The minimum absolute atomic E-state index is 0.122. The zero-order valence-corrected chi connectivity index (χ0v) is 26.7. The van der Waals surface area contributed by atoms with Crippen molar-refractivity contribution in [3.05, 3.63) is 115 Å². The van der Waals surface area contributed by atoms with Crippen molar-refractivity contribution >= 4 is 52.6 Å². The second kappa shape index (κ2) is 13.1. The molecule has 2 heterocycles. The summed E-state index contributed by atoms with van der Waals surface area (Å²) in [6.45, 7) is 5.36. The topological polar surface area (TPSA) is 125 Å². The fraction of sp³-hybridized carbons (Fsp3) is 0.242. The van der Waals surface area contributed by atoms with Gasteiger partial charge in [-0.15, -0.1) is 0 Å². The summed E-state index contributed by atoms with van der Waals surface area (Å²) in [7, 11) is 1.57. The van der Waals surface area contributed by atoms with Gasteiger partial charge in [-0.3, -0.25) is 19.2 Å². The summed E-state index contributed by atoms with van der Waals surface area (Å²) in [5, 5.41) is 9.35. The number of nitrogens with zero attached hydrogens (tertiary/aromatic N) is 3. The summed E-state index contributed by atoms with van der Waals surface area (Å²) >= 11 is 12.3. The molecule has 0 saturated heterocycles. The van der Waals surface area contributed by atoms with E-state index in [0.717, 1.165) is 5.56 Å². The number of aromatic nitrogens is 2. The Balaban J connectivity index is 1.55. The van der Waals surface area contributed by atoms with Gasteiger partial charge in [-0.05, 0) is 80.4 Å². The van der Waals surface area contributed by atoms with Crippen molar-refractivity contribution in [2.45, 2.75) is 45.8 Å². The Morgan fingerprint density at radius 2 is 1.62 bits per heavy atom. The lowest BCUT2D eigenvalue weighted by atomic mass is 9.98. The van der Waals surface area contributed by atoms with E-state index in [-0.39, 0.29) is 52.9 Å². The van der Waals surface area contributed by atoms with Gasteiger partial charge in [0.2, 0.25) is 11.9 Å². The smallest absolute Gasteiger partial charge is 0.263 e. The number of nitrogens with one attached hydrogen (secondary N) is 3. The van der Waals surface area contributed by atoms with Crippen LogP contribution in [0.4, 0.5) is 11.6 Å². The van der Waals surface area contributed by atoms with Crippen LogP contribution in [0.2, 0.25) is 10.0 Å². The van der Waals surface area contributed by atoms with Gasteiger partial charge in [-0.25, -0.2) is 9.55 Å². The number of carbonyl (C=O) groups is 3. The van der Waals surface area contributed by atoms with E-state index >= 15 is 0 Å². The molecule has 2 atom stereocenters. The molecule has 0 spiro atoms. The highest BCUT2D eigenvalue weighted by molar-refractivity contribution is 6.42. The highest BCUT2D eigenvalue weighted by atomic mass is 35.5. The lowest BCUT2D eigenvalue weighted by molar-refractivity contribution is -0.114. The quantitative estimate of drug-likeness (QED) is 0.239. The maximum atomic E-state index is 14.2. The lowest BCUT2D eigenvalue weighted by Crippen LogP contribution is -2.46. The Morgan fingerprint density at radius 3 is 2.24 bits per heavy atom. The third-order valence-corrected chi connectivity index (χ3v) is 8.47. The van der Waals surface area contributed by atoms with Gasteiger partial charge in [0, 0.05) is 42.4 Å². The number of benzene rings is 3. The molecule has 10 nitrogen and oxygen atoms in total. The minimum atomic E-state index is -0.310. The maximum absolute atomic E-state index is 14.2. The number of hydrogen-bond acceptors (Lipinski definition) is 6. The molecule has 1 aliphatic rings. The number of carbonyl (C=O) groups excluding carboxylic acids is 3. The zero-order valence-electron chi connectivity index (χ0n) is 25.2. The van der Waals surface area contributed by atoms with E-state index in [9.17, 15) is 19.2 Å². The lowest BCUT2D eigenvalue weighted by Gasteiger charge is -2.35. The molecule has 0 saturated carbocycles. The van der Waals surface area contributed by atoms with E-state index in [4.69, 9.17) is 28.2 Å². The van der Waals surface area contributed by atoms with Gasteiger partial charge >= 0.3 is 0 Å². The SMILES string of the molecule is CNC(=O)c1ccc([C@H](C)Nc2nc3c(c(=O)n2-c2ccc(NC(C)=O)cc2)C[C@@H](C)N(C(=O)c2ccc(Cl)c(Cl)c2)C3)cc1. The van der Waals surface area contributed by atoms with Crippen molar-refractivity contribution < 1.29 is 14.4 Å². The molecule has 45 heavy (non-hydrogen) atoms. The van der Waals surface area contributed by atoms with Gasteiger partial charge < -0.3 is 20.9 Å². The van der Waals surface area contributed by atoms with Gasteiger partial charge in [-0.2, -0.15) is 0 Å². The molecular weight excluding hydrogens is 615 g/mol. The monoisotopic (exact) mass is 646 g/mol. The molecule has 232 valence electrons. The molecule has 0 bridgehead atoms. The molecule has 0 unspecified atom stereocenters. The zero-order chi connectivity index (χ0) is 32.4. The van der Waals surface area contributed by atoms with Crippen LogP contribution in [0.25, 0.3) is 5.69 Å². The summed E-state index contributed by atoms with van der Waals surface area (Å²) < 4.78 is 1.51. The van der Waals surface area contributed by atoms with Crippen molar-refractivity contribution in [1.82, 2.24) is 19.8 Å². The van der Waals surface area contributed by atoms with Crippen molar-refractivity contribution in [3.63, 3.8) is 0 Å². The Bertz CT molecular complexity index is 1840. The van der Waals surface area contributed by atoms with Crippen LogP contribution in [0.1, 0.15) is 64.3 Å². The number of rotatable bonds is 7. The Hall–Kier alpha value is -4.67. The van der Waals surface area contributed by atoms with Crippen molar-refractivity contribution in [2.75, 3.05) is 17.7 Å². The fourth-order valence-electron chi connectivity index (χ4n) is 5.30. The summed E-state index contributed by atoms with van der Waals surface area (Å²) in [5.41, 5.74) is 3.67. The van der Waals surface area contributed by atoms with Gasteiger partial charge in [0.1, 0.15) is 0 Å². The van der Waals surface area contributed by atoms with Gasteiger partial charge in [0.05, 0.1) is 34.0 Å². The molecule has 3 amide bonds. The summed E-state index contributed by atoms with van der Waals surface area (Å²) in [5.74, 6) is -0.358. The Kier molecular flexibility index (Phi) is 9.27. The number of hydrogen-bond donors (Lipinski definition) is 3. The Labute approximate surface area is 270 Å². The van der Waals surface area contributed by atoms with Crippen molar-refractivity contribution in [2.24, 2.45) is 0 Å². The molecule has 0 radical (unpaired) electrons. The van der Waals surface area contributed by atoms with Crippen molar-refractivity contribution in [1.29, 1.82) is 0 Å². The first-order valence-corrected chi connectivity index (χ1v) is 15.1. The number of halogens is 2. The number of fused-ring (bicyclic) bond motifs is 1. The van der Waals surface area contributed by atoms with Gasteiger partial charge in [0.15, 0.2) is 0 Å². The molecule has 1 aliphatic heterocycles. The standard InChI is InChI=1S/C33H32Cl2N6O4/c1-18-15-26-29(17-40(18)31(44)23-9-14-27(34)28(35)16-23)39-33(37-19(2)21-5-7-22(8-6-21)30(43)36-4)41(32(26)45)25-12-10-24(11-13-25)38-20(3)42/h5-14,16,18-19H,15,17H2,1-4H3,(H,36,43)(H,37,39)(H,38,42)/t18-,19+/m1/s1. The number of anilines is 2. The van der Waals surface area contributed by atoms with Crippen LogP contribution in [0.3, 0.4) is 0 Å². The van der Waals surface area contributed by atoms with Gasteiger partial charge in [0.25, 0.3) is 17.4 Å². The van der Waals surface area contributed by atoms with Crippen LogP contribution in [0, 0.1) is 0 Å². The van der Waals surface area contributed by atoms with Crippen LogP contribution in [-0.2, 0) is 17.8 Å². The summed E-state index contributed by atoms with van der Waals surface area (Å²) in [6, 6.07) is 18.2. The minimum Gasteiger partial charge on any atom is -0.355 e. The molecule has 0 fully saturated rings. The molecular formula is C33H32Cl2N6O4. The predicted octanol–water partition coefficient (Wildman–Crippen LogP) is 5.62. The third kappa shape index (κ3) is 6.72. The number of amides is 3. The van der Waals surface area contributed by atoms with E-state index in [1.165, 1.54) is 17.6 Å². The van der Waals surface area contributed by atoms with E-state index in [2.05, 4.69) is 16.0 Å². The molecule has 4 aromatic rings. The first-order valence-electron chi connectivity index (χ1n) is 14.3. The molecule has 5 rings (SSSR count). The molecule has 12 heteroatoms. The fourth-order valence-corrected chi connectivity index (χ4v) is 5.60. The van der Waals surface area contributed by atoms with Crippen LogP contribution < -0.4 is 21.5 Å². The average molecular weight is 648 g/mol. The molecule has 3 N–H and O–H groups in total. The first kappa shape index (κ1) is 31.7. The third-order valence-electron chi connectivity index (χ3n) is 7.73. The normalized spacial score (nSPS) is 14.7. The molecule has 0 aliphatic carbocycles. The Morgan fingerprint density at radius 1 is 0.956 bits per heavy atom. The second-order valence-corrected chi connectivity index (χ2v) is 11.7. The largest absolute Gasteiger partial charge is 0.355 e. The highest BCUT2D eigenvalue weighted by Gasteiger charge is 2.32. The highest BCUT2D eigenvalue weighted by Crippen LogP contribution is 2.29.